The van der Waals surface area contributed by atoms with Gasteiger partial charge in [0.05, 0.1) is 6.61 Å². The molecule has 1 aliphatic carbocycles. The summed E-state index contributed by atoms with van der Waals surface area (Å²) >= 11 is 0. The normalized spacial score (nSPS) is 17.1. The molecule has 1 saturated carbocycles. The molecule has 2 rings (SSSR count). The van der Waals surface area contributed by atoms with Crippen LogP contribution < -0.4 is 15.8 Å². The summed E-state index contributed by atoms with van der Waals surface area (Å²) < 4.78 is 5.49. The highest BCUT2D eigenvalue weighted by molar-refractivity contribution is 5.31. The zero-order valence-electron chi connectivity index (χ0n) is 9.78. The van der Waals surface area contributed by atoms with Crippen LogP contribution in [0.1, 0.15) is 31.4 Å². The third-order valence-corrected chi connectivity index (χ3v) is 2.82. The molecular weight excluding hydrogens is 200 g/mol. The van der Waals surface area contributed by atoms with E-state index in [0.717, 1.165) is 5.75 Å². The maximum Gasteiger partial charge on any atom is 0.119 e. The fraction of sp³-hybridized carbons (Fsp3) is 0.538. The average molecular weight is 220 g/mol. The van der Waals surface area contributed by atoms with Gasteiger partial charge in [-0.1, -0.05) is 12.1 Å². The molecule has 3 nitrogen and oxygen atoms in total. The van der Waals surface area contributed by atoms with Crippen molar-refractivity contribution in [2.45, 2.75) is 31.8 Å². The zero-order chi connectivity index (χ0) is 11.4. The van der Waals surface area contributed by atoms with Gasteiger partial charge in [-0.3, -0.25) is 0 Å². The molecule has 0 bridgehead atoms. The molecule has 0 spiro atoms. The molecule has 1 fully saturated rings. The van der Waals surface area contributed by atoms with E-state index in [0.29, 0.717) is 19.2 Å². The van der Waals surface area contributed by atoms with Crippen molar-refractivity contribution >= 4 is 0 Å². The van der Waals surface area contributed by atoms with Gasteiger partial charge in [0.15, 0.2) is 0 Å². The summed E-state index contributed by atoms with van der Waals surface area (Å²) in [6.45, 7) is 3.33. The highest BCUT2D eigenvalue weighted by Gasteiger charge is 2.24. The Bertz CT molecular complexity index is 336. The van der Waals surface area contributed by atoms with Crippen LogP contribution in [0.4, 0.5) is 0 Å². The number of hydrogen-bond donors (Lipinski definition) is 2. The summed E-state index contributed by atoms with van der Waals surface area (Å²) in [6.07, 6.45) is 2.56. The predicted octanol–water partition coefficient (Wildman–Crippen LogP) is 1.84. The molecule has 16 heavy (non-hydrogen) atoms. The molecule has 1 aromatic carbocycles. The minimum Gasteiger partial charge on any atom is -0.494 e. The number of nitrogens with two attached hydrogens (primary N) is 1. The molecule has 0 heterocycles. The van der Waals surface area contributed by atoms with Gasteiger partial charge in [-0.25, -0.2) is 0 Å². The molecule has 3 N–H and O–H groups in total. The standard InChI is InChI=1S/C13H20N2O/c1-2-16-12-5-3-4-10(8-12)13(9-14)15-11-6-7-11/h3-5,8,11,13,15H,2,6-7,9,14H2,1H3. The van der Waals surface area contributed by atoms with Gasteiger partial charge in [0, 0.05) is 18.6 Å². The van der Waals surface area contributed by atoms with Gasteiger partial charge in [-0.05, 0) is 37.5 Å². The van der Waals surface area contributed by atoms with Crippen LogP contribution >= 0.6 is 0 Å². The van der Waals surface area contributed by atoms with E-state index in [1.165, 1.54) is 18.4 Å². The first-order valence-electron chi connectivity index (χ1n) is 6.02. The third-order valence-electron chi connectivity index (χ3n) is 2.82. The lowest BCUT2D eigenvalue weighted by molar-refractivity contribution is 0.339. The smallest absolute Gasteiger partial charge is 0.119 e. The summed E-state index contributed by atoms with van der Waals surface area (Å²) in [7, 11) is 0. The zero-order valence-corrected chi connectivity index (χ0v) is 9.78. The quantitative estimate of drug-likeness (QED) is 0.769. The maximum atomic E-state index is 5.80. The Kier molecular flexibility index (Phi) is 3.80. The van der Waals surface area contributed by atoms with Gasteiger partial charge >= 0.3 is 0 Å². The minimum atomic E-state index is 0.257. The Morgan fingerprint density at radius 1 is 1.50 bits per heavy atom. The fourth-order valence-electron chi connectivity index (χ4n) is 1.82. The van der Waals surface area contributed by atoms with E-state index in [1.54, 1.807) is 0 Å². The molecule has 0 radical (unpaired) electrons. The van der Waals surface area contributed by atoms with Crippen LogP contribution in [0.2, 0.25) is 0 Å². The maximum absolute atomic E-state index is 5.80. The number of ether oxygens (including phenoxy) is 1. The summed E-state index contributed by atoms with van der Waals surface area (Å²) in [4.78, 5) is 0. The second kappa shape index (κ2) is 5.32. The fourth-order valence-corrected chi connectivity index (χ4v) is 1.82. The average Bonchev–Trinajstić information content (AvgIpc) is 3.10. The molecular formula is C13H20N2O. The molecule has 1 aliphatic rings. The van der Waals surface area contributed by atoms with Crippen molar-refractivity contribution in [3.8, 4) is 5.75 Å². The highest BCUT2D eigenvalue weighted by atomic mass is 16.5. The summed E-state index contributed by atoms with van der Waals surface area (Å²) in [5.41, 5.74) is 7.02. The first-order valence-corrected chi connectivity index (χ1v) is 6.02. The molecule has 1 aromatic rings. The van der Waals surface area contributed by atoms with Crippen molar-refractivity contribution < 1.29 is 4.74 Å². The van der Waals surface area contributed by atoms with E-state index in [9.17, 15) is 0 Å². The summed E-state index contributed by atoms with van der Waals surface area (Å²) in [6, 6.07) is 9.12. The van der Waals surface area contributed by atoms with E-state index in [4.69, 9.17) is 10.5 Å². The summed E-state index contributed by atoms with van der Waals surface area (Å²) in [5, 5.41) is 3.55. The van der Waals surface area contributed by atoms with E-state index in [1.807, 2.05) is 19.1 Å². The molecule has 0 aromatic heterocycles. The lowest BCUT2D eigenvalue weighted by Crippen LogP contribution is -2.29. The van der Waals surface area contributed by atoms with Crippen LogP contribution in [0.3, 0.4) is 0 Å². The molecule has 3 heteroatoms. The van der Waals surface area contributed by atoms with Crippen LogP contribution in [0.5, 0.6) is 5.75 Å². The number of rotatable bonds is 6. The predicted molar refractivity (Wildman–Crippen MR) is 65.6 cm³/mol. The van der Waals surface area contributed by atoms with Gasteiger partial charge in [-0.15, -0.1) is 0 Å². The lowest BCUT2D eigenvalue weighted by Gasteiger charge is -2.17. The Morgan fingerprint density at radius 2 is 2.31 bits per heavy atom. The van der Waals surface area contributed by atoms with Crippen molar-refractivity contribution in [1.82, 2.24) is 5.32 Å². The van der Waals surface area contributed by atoms with Gasteiger partial charge in [0.1, 0.15) is 5.75 Å². The van der Waals surface area contributed by atoms with Gasteiger partial charge < -0.3 is 15.8 Å². The van der Waals surface area contributed by atoms with Crippen molar-refractivity contribution in [1.29, 1.82) is 0 Å². The summed E-state index contributed by atoms with van der Waals surface area (Å²) in [5.74, 6) is 0.927. The van der Waals surface area contributed by atoms with Crippen molar-refractivity contribution in [3.63, 3.8) is 0 Å². The molecule has 0 amide bonds. The topological polar surface area (TPSA) is 47.3 Å². The Balaban J connectivity index is 2.06. The van der Waals surface area contributed by atoms with Crippen molar-refractivity contribution in [2.24, 2.45) is 5.73 Å². The van der Waals surface area contributed by atoms with Crippen LogP contribution in [0.25, 0.3) is 0 Å². The van der Waals surface area contributed by atoms with E-state index >= 15 is 0 Å². The van der Waals surface area contributed by atoms with Crippen molar-refractivity contribution in [3.05, 3.63) is 29.8 Å². The lowest BCUT2D eigenvalue weighted by atomic mass is 10.1. The Labute approximate surface area is 97.0 Å². The van der Waals surface area contributed by atoms with Crippen LogP contribution in [-0.4, -0.2) is 19.2 Å². The molecule has 1 atom stereocenters. The van der Waals surface area contributed by atoms with Gasteiger partial charge in [-0.2, -0.15) is 0 Å². The number of benzene rings is 1. The van der Waals surface area contributed by atoms with Crippen LogP contribution in [0.15, 0.2) is 24.3 Å². The molecule has 88 valence electrons. The van der Waals surface area contributed by atoms with E-state index in [2.05, 4.69) is 17.4 Å². The number of nitrogens with one attached hydrogen (secondary N) is 1. The Hall–Kier alpha value is -1.06. The first-order chi connectivity index (χ1) is 7.83. The van der Waals surface area contributed by atoms with Crippen molar-refractivity contribution in [2.75, 3.05) is 13.2 Å². The van der Waals surface area contributed by atoms with Crippen LogP contribution in [-0.2, 0) is 0 Å². The second-order valence-corrected chi connectivity index (χ2v) is 4.23. The van der Waals surface area contributed by atoms with Gasteiger partial charge in [0.25, 0.3) is 0 Å². The van der Waals surface area contributed by atoms with E-state index in [-0.39, 0.29) is 6.04 Å². The largest absolute Gasteiger partial charge is 0.494 e. The SMILES string of the molecule is CCOc1cccc(C(CN)NC2CC2)c1. The molecule has 1 unspecified atom stereocenters. The first kappa shape index (κ1) is 11.4. The molecule has 0 saturated heterocycles. The number of hydrogen-bond acceptors (Lipinski definition) is 3. The van der Waals surface area contributed by atoms with Crippen LogP contribution in [0, 0.1) is 0 Å². The molecule has 0 aliphatic heterocycles. The minimum absolute atomic E-state index is 0.257. The van der Waals surface area contributed by atoms with E-state index < -0.39 is 0 Å². The second-order valence-electron chi connectivity index (χ2n) is 4.23. The van der Waals surface area contributed by atoms with Gasteiger partial charge in [0.2, 0.25) is 0 Å². The third kappa shape index (κ3) is 2.97. The monoisotopic (exact) mass is 220 g/mol. The highest BCUT2D eigenvalue weighted by Crippen LogP contribution is 2.25. The Morgan fingerprint density at radius 3 is 2.94 bits per heavy atom.